The van der Waals surface area contributed by atoms with Gasteiger partial charge in [0.2, 0.25) is 0 Å². The Kier molecular flexibility index (Phi) is 4.42. The first-order valence-electron chi connectivity index (χ1n) is 7.26. The zero-order valence-corrected chi connectivity index (χ0v) is 13.5. The molecular formula is C15H17F2N5S. The standard InChI is InChI=1S/C15H17F2N5S/c1-8(2)20-14-6-10(18-7-13(16)17)15-11(21-14)5-12(23-15)9-3-4-19-22-9/h3-6,8,13H,7H2,1-2H3,(H,19,22)(H2,18,20,21). The SMILES string of the molecule is CC(C)Nc1cc(NCC(F)F)c2sc(-c3ccn[nH]3)cc2n1. The van der Waals surface area contributed by atoms with Gasteiger partial charge in [0.15, 0.2) is 0 Å². The smallest absolute Gasteiger partial charge is 0.255 e. The Morgan fingerprint density at radius 3 is 2.78 bits per heavy atom. The van der Waals surface area contributed by atoms with Gasteiger partial charge in [-0.1, -0.05) is 0 Å². The normalized spacial score (nSPS) is 11.6. The predicted octanol–water partition coefficient (Wildman–Crippen LogP) is 4.18. The summed E-state index contributed by atoms with van der Waals surface area (Å²) in [7, 11) is 0. The van der Waals surface area contributed by atoms with Gasteiger partial charge in [0.05, 0.1) is 33.0 Å². The van der Waals surface area contributed by atoms with E-state index in [4.69, 9.17) is 0 Å². The summed E-state index contributed by atoms with van der Waals surface area (Å²) >= 11 is 1.49. The van der Waals surface area contributed by atoms with Gasteiger partial charge in [0, 0.05) is 18.3 Å². The van der Waals surface area contributed by atoms with Gasteiger partial charge in [-0.05, 0) is 26.0 Å². The quantitative estimate of drug-likeness (QED) is 0.631. The van der Waals surface area contributed by atoms with E-state index in [9.17, 15) is 8.78 Å². The summed E-state index contributed by atoms with van der Waals surface area (Å²) in [6.07, 6.45) is -0.735. The number of anilines is 2. The Morgan fingerprint density at radius 1 is 1.30 bits per heavy atom. The summed E-state index contributed by atoms with van der Waals surface area (Å²) in [5.41, 5.74) is 2.31. The van der Waals surface area contributed by atoms with Crippen LogP contribution < -0.4 is 10.6 Å². The molecule has 0 aliphatic carbocycles. The van der Waals surface area contributed by atoms with Crippen molar-refractivity contribution in [3.05, 3.63) is 24.4 Å². The summed E-state index contributed by atoms with van der Waals surface area (Å²) in [5.74, 6) is 0.665. The fraction of sp³-hybridized carbons (Fsp3) is 0.333. The number of aromatic nitrogens is 3. The molecule has 8 heteroatoms. The second-order valence-electron chi connectivity index (χ2n) is 5.42. The molecule has 23 heavy (non-hydrogen) atoms. The van der Waals surface area contributed by atoms with Crippen LogP contribution in [0.3, 0.4) is 0 Å². The zero-order chi connectivity index (χ0) is 16.4. The molecule has 0 amide bonds. The average molecular weight is 337 g/mol. The molecule has 0 aliphatic rings. The van der Waals surface area contributed by atoms with E-state index < -0.39 is 13.0 Å². The van der Waals surface area contributed by atoms with Gasteiger partial charge >= 0.3 is 0 Å². The van der Waals surface area contributed by atoms with E-state index in [2.05, 4.69) is 25.8 Å². The molecule has 0 aromatic carbocycles. The first-order chi connectivity index (χ1) is 11.0. The van der Waals surface area contributed by atoms with Crippen molar-refractivity contribution in [2.24, 2.45) is 0 Å². The van der Waals surface area contributed by atoms with Crippen LogP contribution in [0, 0.1) is 0 Å². The molecule has 3 aromatic rings. The summed E-state index contributed by atoms with van der Waals surface area (Å²) in [5, 5.41) is 12.9. The number of pyridine rings is 1. The van der Waals surface area contributed by atoms with Crippen molar-refractivity contribution < 1.29 is 8.78 Å². The van der Waals surface area contributed by atoms with Crippen LogP contribution in [-0.2, 0) is 0 Å². The highest BCUT2D eigenvalue weighted by Crippen LogP contribution is 2.37. The van der Waals surface area contributed by atoms with Gasteiger partial charge in [-0.3, -0.25) is 5.10 Å². The van der Waals surface area contributed by atoms with Crippen LogP contribution in [0.1, 0.15) is 13.8 Å². The molecule has 0 saturated heterocycles. The third kappa shape index (κ3) is 3.58. The maximum absolute atomic E-state index is 12.6. The van der Waals surface area contributed by atoms with Crippen molar-refractivity contribution in [1.29, 1.82) is 0 Å². The monoisotopic (exact) mass is 337 g/mol. The minimum atomic E-state index is -2.41. The molecule has 3 N–H and O–H groups in total. The van der Waals surface area contributed by atoms with Crippen molar-refractivity contribution >= 4 is 33.1 Å². The second-order valence-corrected chi connectivity index (χ2v) is 6.47. The number of hydrogen-bond acceptors (Lipinski definition) is 5. The molecule has 122 valence electrons. The van der Waals surface area contributed by atoms with E-state index in [0.29, 0.717) is 11.5 Å². The third-order valence-corrected chi connectivity index (χ3v) is 4.32. The lowest BCUT2D eigenvalue weighted by atomic mass is 10.3. The Hall–Kier alpha value is -2.22. The van der Waals surface area contributed by atoms with Crippen LogP contribution in [0.2, 0.25) is 0 Å². The zero-order valence-electron chi connectivity index (χ0n) is 12.7. The first-order valence-corrected chi connectivity index (χ1v) is 8.07. The van der Waals surface area contributed by atoms with Crippen LogP contribution in [0.25, 0.3) is 20.8 Å². The second kappa shape index (κ2) is 6.49. The van der Waals surface area contributed by atoms with Crippen molar-refractivity contribution in [3.8, 4) is 10.6 Å². The Bertz CT molecular complexity index is 783. The van der Waals surface area contributed by atoms with E-state index in [1.54, 1.807) is 12.3 Å². The van der Waals surface area contributed by atoms with Crippen LogP contribution >= 0.6 is 11.3 Å². The third-order valence-electron chi connectivity index (χ3n) is 3.13. The van der Waals surface area contributed by atoms with Gasteiger partial charge in [0.1, 0.15) is 5.82 Å². The number of halogens is 2. The van der Waals surface area contributed by atoms with Gasteiger partial charge < -0.3 is 10.6 Å². The minimum Gasteiger partial charge on any atom is -0.378 e. The molecule has 0 aliphatic heterocycles. The average Bonchev–Trinajstić information content (AvgIpc) is 3.12. The topological polar surface area (TPSA) is 65.6 Å². The number of H-pyrrole nitrogens is 1. The lowest BCUT2D eigenvalue weighted by Crippen LogP contribution is -2.13. The largest absolute Gasteiger partial charge is 0.378 e. The number of alkyl halides is 2. The predicted molar refractivity (Wildman–Crippen MR) is 90.5 cm³/mol. The van der Waals surface area contributed by atoms with Crippen molar-refractivity contribution in [1.82, 2.24) is 15.2 Å². The van der Waals surface area contributed by atoms with Gasteiger partial charge in [-0.15, -0.1) is 11.3 Å². The number of nitrogens with zero attached hydrogens (tertiary/aromatic N) is 2. The molecule has 0 unspecified atom stereocenters. The number of fused-ring (bicyclic) bond motifs is 1. The number of aromatic amines is 1. The van der Waals surface area contributed by atoms with E-state index in [-0.39, 0.29) is 6.04 Å². The molecule has 3 rings (SSSR count). The minimum absolute atomic E-state index is 0.202. The summed E-state index contributed by atoms with van der Waals surface area (Å²) in [6.45, 7) is 3.61. The highest BCUT2D eigenvalue weighted by molar-refractivity contribution is 7.22. The molecule has 0 bridgehead atoms. The molecule has 0 radical (unpaired) electrons. The molecule has 3 heterocycles. The number of rotatable bonds is 6. The molecule has 0 atom stereocenters. The van der Waals surface area contributed by atoms with E-state index >= 15 is 0 Å². The van der Waals surface area contributed by atoms with Crippen molar-refractivity contribution in [2.75, 3.05) is 17.2 Å². The highest BCUT2D eigenvalue weighted by atomic mass is 32.1. The summed E-state index contributed by atoms with van der Waals surface area (Å²) < 4.78 is 26.0. The fourth-order valence-corrected chi connectivity index (χ4v) is 3.30. The molecule has 0 spiro atoms. The van der Waals surface area contributed by atoms with Crippen LogP contribution in [-0.4, -0.2) is 34.2 Å². The number of nitrogens with one attached hydrogen (secondary N) is 3. The van der Waals surface area contributed by atoms with E-state index in [1.807, 2.05) is 26.0 Å². The summed E-state index contributed by atoms with van der Waals surface area (Å²) in [6, 6.07) is 5.78. The lowest BCUT2D eigenvalue weighted by Gasteiger charge is -2.12. The van der Waals surface area contributed by atoms with Crippen LogP contribution in [0.5, 0.6) is 0 Å². The Labute approximate surface area is 136 Å². The van der Waals surface area contributed by atoms with Crippen molar-refractivity contribution in [3.63, 3.8) is 0 Å². The number of thiophene rings is 1. The van der Waals surface area contributed by atoms with Gasteiger partial charge in [-0.25, -0.2) is 13.8 Å². The molecular weight excluding hydrogens is 320 g/mol. The highest BCUT2D eigenvalue weighted by Gasteiger charge is 2.14. The maximum atomic E-state index is 12.6. The molecule has 0 fully saturated rings. The van der Waals surface area contributed by atoms with Crippen LogP contribution in [0.15, 0.2) is 24.4 Å². The molecule has 0 saturated carbocycles. The lowest BCUT2D eigenvalue weighted by molar-refractivity contribution is 0.163. The van der Waals surface area contributed by atoms with Gasteiger partial charge in [0.25, 0.3) is 6.43 Å². The van der Waals surface area contributed by atoms with Crippen LogP contribution in [0.4, 0.5) is 20.3 Å². The van der Waals surface area contributed by atoms with E-state index in [1.165, 1.54) is 11.3 Å². The van der Waals surface area contributed by atoms with Gasteiger partial charge in [-0.2, -0.15) is 5.10 Å². The Balaban J connectivity index is 2.04. The maximum Gasteiger partial charge on any atom is 0.255 e. The molecule has 3 aromatic heterocycles. The summed E-state index contributed by atoms with van der Waals surface area (Å²) in [4.78, 5) is 5.54. The Morgan fingerprint density at radius 2 is 2.13 bits per heavy atom. The fourth-order valence-electron chi connectivity index (χ4n) is 2.24. The van der Waals surface area contributed by atoms with E-state index in [0.717, 1.165) is 20.8 Å². The first kappa shape index (κ1) is 15.7. The number of hydrogen-bond donors (Lipinski definition) is 3. The van der Waals surface area contributed by atoms with Crippen molar-refractivity contribution in [2.45, 2.75) is 26.3 Å². The molecule has 5 nitrogen and oxygen atoms in total.